The molecule has 0 saturated carbocycles. The molecule has 0 bridgehead atoms. The lowest BCUT2D eigenvalue weighted by Gasteiger charge is -2.21. The number of para-hydroxylation sites is 1. The molecule has 0 spiro atoms. The van der Waals surface area contributed by atoms with Gasteiger partial charge in [0.25, 0.3) is 0 Å². The fraction of sp³-hybridized carbons (Fsp3) is 0.407. The van der Waals surface area contributed by atoms with Gasteiger partial charge in [-0.25, -0.2) is 0 Å². The molecule has 0 unspecified atom stereocenters. The van der Waals surface area contributed by atoms with E-state index < -0.39 is 0 Å². The van der Waals surface area contributed by atoms with Gasteiger partial charge in [-0.2, -0.15) is 0 Å². The molecule has 2 aromatic carbocycles. The molecule has 1 amide bonds. The van der Waals surface area contributed by atoms with Crippen molar-refractivity contribution >= 4 is 28.6 Å². The fourth-order valence-corrected chi connectivity index (χ4v) is 5.50. The van der Waals surface area contributed by atoms with Gasteiger partial charge in [0, 0.05) is 35.6 Å². The summed E-state index contributed by atoms with van der Waals surface area (Å²) in [6.07, 6.45) is 5.51. The summed E-state index contributed by atoms with van der Waals surface area (Å²) in [4.78, 5) is 21.2. The molecule has 4 nitrogen and oxygen atoms in total. The van der Waals surface area contributed by atoms with Crippen molar-refractivity contribution in [2.24, 2.45) is 0 Å². The average Bonchev–Trinajstić information content (AvgIpc) is 2.84. The van der Waals surface area contributed by atoms with Crippen LogP contribution in [0.4, 0.5) is 0 Å². The number of hydrogen-bond acceptors (Lipinski definition) is 4. The van der Waals surface area contributed by atoms with E-state index in [1.54, 1.807) is 11.8 Å². The first kappa shape index (κ1) is 22.8. The van der Waals surface area contributed by atoms with Crippen LogP contribution >= 0.6 is 11.8 Å². The second kappa shape index (κ2) is 11.5. The van der Waals surface area contributed by atoms with Gasteiger partial charge in [-0.05, 0) is 55.8 Å². The molecule has 168 valence electrons. The van der Waals surface area contributed by atoms with Crippen molar-refractivity contribution < 1.29 is 4.79 Å². The maximum atomic E-state index is 12.6. The Hall–Kier alpha value is -2.37. The van der Waals surface area contributed by atoms with E-state index in [0.29, 0.717) is 5.75 Å². The van der Waals surface area contributed by atoms with Crippen LogP contribution in [0.1, 0.15) is 43.0 Å². The molecule has 0 radical (unpaired) electrons. The number of fused-ring (bicyclic) bond motifs is 2. The zero-order valence-corrected chi connectivity index (χ0v) is 19.8. The Labute approximate surface area is 195 Å². The van der Waals surface area contributed by atoms with Gasteiger partial charge in [0.2, 0.25) is 5.91 Å². The monoisotopic (exact) mass is 447 g/mol. The summed E-state index contributed by atoms with van der Waals surface area (Å²) in [6, 6.07) is 18.9. The lowest BCUT2D eigenvalue weighted by molar-refractivity contribution is -0.118. The summed E-state index contributed by atoms with van der Waals surface area (Å²) in [6.45, 7) is 5.87. The minimum Gasteiger partial charge on any atom is -0.355 e. The Balaban J connectivity index is 1.28. The van der Waals surface area contributed by atoms with E-state index in [4.69, 9.17) is 4.98 Å². The molecule has 1 aliphatic rings. The van der Waals surface area contributed by atoms with E-state index in [0.717, 1.165) is 51.0 Å². The van der Waals surface area contributed by atoms with Gasteiger partial charge in [0.05, 0.1) is 11.3 Å². The Bertz CT molecular complexity index is 1040. The SMILES string of the molecule is CCN(CCCNC(=O)CSc1c2c(nc3ccccc13)CCCC2)Cc1ccccc1. The van der Waals surface area contributed by atoms with Crippen LogP contribution in [0, 0.1) is 0 Å². The lowest BCUT2D eigenvalue weighted by Crippen LogP contribution is -2.30. The van der Waals surface area contributed by atoms with Crippen molar-refractivity contribution in [1.29, 1.82) is 0 Å². The molecule has 1 aliphatic carbocycles. The number of carbonyl (C=O) groups is 1. The smallest absolute Gasteiger partial charge is 0.230 e. The molecule has 0 aliphatic heterocycles. The second-order valence-corrected chi connectivity index (χ2v) is 9.42. The van der Waals surface area contributed by atoms with Crippen LogP contribution in [0.15, 0.2) is 59.5 Å². The van der Waals surface area contributed by atoms with Gasteiger partial charge in [-0.1, -0.05) is 55.5 Å². The standard InChI is InChI=1S/C27H33N3OS/c1-2-30(19-21-11-4-3-5-12-21)18-10-17-28-26(31)20-32-27-22-13-6-8-15-24(22)29-25-16-9-7-14-23(25)27/h3-6,8,11-13,15H,2,7,9-10,14,16-20H2,1H3,(H,28,31). The first-order valence-electron chi connectivity index (χ1n) is 11.8. The molecular weight excluding hydrogens is 414 g/mol. The van der Waals surface area contributed by atoms with Crippen LogP contribution in [-0.4, -0.2) is 41.2 Å². The maximum Gasteiger partial charge on any atom is 0.230 e. The largest absolute Gasteiger partial charge is 0.355 e. The summed E-state index contributed by atoms with van der Waals surface area (Å²) in [5.74, 6) is 0.577. The Kier molecular flexibility index (Phi) is 8.18. The molecule has 0 atom stereocenters. The van der Waals surface area contributed by atoms with E-state index >= 15 is 0 Å². The van der Waals surface area contributed by atoms with Crippen molar-refractivity contribution in [1.82, 2.24) is 15.2 Å². The van der Waals surface area contributed by atoms with Gasteiger partial charge >= 0.3 is 0 Å². The van der Waals surface area contributed by atoms with Crippen molar-refractivity contribution in [3.05, 3.63) is 71.4 Å². The first-order chi connectivity index (χ1) is 15.7. The number of nitrogens with one attached hydrogen (secondary N) is 1. The highest BCUT2D eigenvalue weighted by atomic mass is 32.2. The number of aryl methyl sites for hydroxylation is 1. The van der Waals surface area contributed by atoms with Crippen molar-refractivity contribution in [2.75, 3.05) is 25.4 Å². The van der Waals surface area contributed by atoms with E-state index in [1.165, 1.54) is 39.9 Å². The zero-order chi connectivity index (χ0) is 22.2. The number of hydrogen-bond donors (Lipinski definition) is 1. The highest BCUT2D eigenvalue weighted by Gasteiger charge is 2.19. The first-order valence-corrected chi connectivity index (χ1v) is 12.8. The summed E-state index contributed by atoms with van der Waals surface area (Å²) >= 11 is 1.68. The van der Waals surface area contributed by atoms with Crippen molar-refractivity contribution in [2.45, 2.75) is 50.5 Å². The molecule has 32 heavy (non-hydrogen) atoms. The van der Waals surface area contributed by atoms with Gasteiger partial charge in [0.15, 0.2) is 0 Å². The van der Waals surface area contributed by atoms with Gasteiger partial charge < -0.3 is 5.32 Å². The number of carbonyl (C=O) groups excluding carboxylic acids is 1. The summed E-state index contributed by atoms with van der Waals surface area (Å²) in [5, 5.41) is 4.31. The number of benzene rings is 2. The zero-order valence-electron chi connectivity index (χ0n) is 19.0. The Morgan fingerprint density at radius 3 is 2.69 bits per heavy atom. The third-order valence-corrected chi connectivity index (χ3v) is 7.30. The minimum absolute atomic E-state index is 0.117. The second-order valence-electron chi connectivity index (χ2n) is 8.44. The normalized spacial score (nSPS) is 13.3. The van der Waals surface area contributed by atoms with Gasteiger partial charge in [-0.3, -0.25) is 14.7 Å². The predicted molar refractivity (Wildman–Crippen MR) is 134 cm³/mol. The Morgan fingerprint density at radius 2 is 1.84 bits per heavy atom. The van der Waals surface area contributed by atoms with Crippen molar-refractivity contribution in [3.8, 4) is 0 Å². The molecule has 0 fully saturated rings. The molecule has 1 heterocycles. The molecule has 1 N–H and O–H groups in total. The number of nitrogens with zero attached hydrogens (tertiary/aromatic N) is 2. The number of pyridine rings is 1. The molecule has 1 aromatic heterocycles. The highest BCUT2D eigenvalue weighted by molar-refractivity contribution is 8.00. The van der Waals surface area contributed by atoms with Crippen LogP contribution in [0.25, 0.3) is 10.9 Å². The number of amides is 1. The fourth-order valence-electron chi connectivity index (χ4n) is 4.40. The summed E-state index contributed by atoms with van der Waals surface area (Å²) in [5.41, 5.74) is 4.99. The van der Waals surface area contributed by atoms with E-state index in [9.17, 15) is 4.79 Å². The quantitative estimate of drug-likeness (QED) is 0.341. The molecule has 0 saturated heterocycles. The highest BCUT2D eigenvalue weighted by Crippen LogP contribution is 2.35. The minimum atomic E-state index is 0.117. The number of thioether (sulfide) groups is 1. The molecule has 5 heteroatoms. The predicted octanol–water partition coefficient (Wildman–Crippen LogP) is 5.23. The maximum absolute atomic E-state index is 12.6. The topological polar surface area (TPSA) is 45.2 Å². The van der Waals surface area contributed by atoms with E-state index in [-0.39, 0.29) is 5.91 Å². The van der Waals surface area contributed by atoms with Gasteiger partial charge in [-0.15, -0.1) is 11.8 Å². The summed E-state index contributed by atoms with van der Waals surface area (Å²) < 4.78 is 0. The van der Waals surface area contributed by atoms with E-state index in [1.807, 2.05) is 6.07 Å². The van der Waals surface area contributed by atoms with Crippen LogP contribution in [0.5, 0.6) is 0 Å². The Morgan fingerprint density at radius 1 is 1.06 bits per heavy atom. The van der Waals surface area contributed by atoms with Crippen LogP contribution in [-0.2, 0) is 24.2 Å². The van der Waals surface area contributed by atoms with Crippen molar-refractivity contribution in [3.63, 3.8) is 0 Å². The van der Waals surface area contributed by atoms with Crippen LogP contribution in [0.2, 0.25) is 0 Å². The third-order valence-electron chi connectivity index (χ3n) is 6.13. The molecule has 4 rings (SSSR count). The summed E-state index contributed by atoms with van der Waals surface area (Å²) in [7, 11) is 0. The molecule has 3 aromatic rings. The van der Waals surface area contributed by atoms with Crippen LogP contribution in [0.3, 0.4) is 0 Å². The van der Waals surface area contributed by atoms with Gasteiger partial charge in [0.1, 0.15) is 0 Å². The van der Waals surface area contributed by atoms with Crippen LogP contribution < -0.4 is 5.32 Å². The molecular formula is C27H33N3OS. The average molecular weight is 448 g/mol. The number of aromatic nitrogens is 1. The third kappa shape index (κ3) is 5.90. The van der Waals surface area contributed by atoms with E-state index in [2.05, 4.69) is 65.7 Å². The number of rotatable bonds is 10. The lowest BCUT2D eigenvalue weighted by atomic mass is 9.94.